The Balaban J connectivity index is 2.52. The van der Waals surface area contributed by atoms with Gasteiger partial charge in [-0.2, -0.15) is 10.2 Å². The lowest BCUT2D eigenvalue weighted by atomic mass is 10.3. The van der Waals surface area contributed by atoms with Crippen molar-refractivity contribution in [3.63, 3.8) is 0 Å². The van der Waals surface area contributed by atoms with E-state index in [-0.39, 0.29) is 4.90 Å². The molecule has 0 radical (unpaired) electrons. The maximum absolute atomic E-state index is 12.6. The first-order chi connectivity index (χ1) is 9.15. The number of hydrogen-bond acceptors (Lipinski definition) is 4. The molecule has 8 heteroatoms. The predicted molar refractivity (Wildman–Crippen MR) is 76.2 cm³/mol. The fourth-order valence-corrected chi connectivity index (χ4v) is 3.87. The maximum Gasteiger partial charge on any atom is 0.265 e. The van der Waals surface area contributed by atoms with E-state index in [4.69, 9.17) is 0 Å². The molecular weight excluding hydrogens is 278 g/mol. The fourth-order valence-electron chi connectivity index (χ4n) is 2.25. The first-order valence-electron chi connectivity index (χ1n) is 6.18. The molecule has 0 bridgehead atoms. The van der Waals surface area contributed by atoms with Crippen molar-refractivity contribution in [3.05, 3.63) is 22.8 Å². The number of nitrogens with zero attached hydrogens (tertiary/aromatic N) is 4. The van der Waals surface area contributed by atoms with E-state index in [9.17, 15) is 8.42 Å². The van der Waals surface area contributed by atoms with Crippen LogP contribution in [0, 0.1) is 27.7 Å². The average molecular weight is 297 g/mol. The lowest BCUT2D eigenvalue weighted by Gasteiger charge is -2.08. The van der Waals surface area contributed by atoms with Crippen LogP contribution in [0.2, 0.25) is 0 Å². The van der Waals surface area contributed by atoms with Crippen molar-refractivity contribution in [2.45, 2.75) is 32.6 Å². The van der Waals surface area contributed by atoms with Crippen LogP contribution < -0.4 is 4.72 Å². The zero-order valence-electron chi connectivity index (χ0n) is 12.5. The third-order valence-corrected chi connectivity index (χ3v) is 5.06. The molecule has 0 spiro atoms. The van der Waals surface area contributed by atoms with E-state index in [0.717, 1.165) is 5.69 Å². The van der Waals surface area contributed by atoms with Gasteiger partial charge in [0, 0.05) is 14.1 Å². The van der Waals surface area contributed by atoms with Crippen LogP contribution in [0.5, 0.6) is 0 Å². The maximum atomic E-state index is 12.6. The fraction of sp³-hybridized carbons (Fsp3) is 0.500. The normalized spacial score (nSPS) is 11.9. The second kappa shape index (κ2) is 4.62. The smallest absolute Gasteiger partial charge is 0.265 e. The Bertz CT molecular complexity index is 770. The first-order valence-corrected chi connectivity index (χ1v) is 7.66. The van der Waals surface area contributed by atoms with Crippen LogP contribution in [-0.4, -0.2) is 28.0 Å². The topological polar surface area (TPSA) is 81.8 Å². The van der Waals surface area contributed by atoms with Crippen LogP contribution in [0.3, 0.4) is 0 Å². The third-order valence-electron chi connectivity index (χ3n) is 3.46. The molecule has 0 aliphatic heterocycles. The Morgan fingerprint density at radius 1 is 0.900 bits per heavy atom. The van der Waals surface area contributed by atoms with E-state index in [1.54, 1.807) is 44.2 Å². The van der Waals surface area contributed by atoms with Gasteiger partial charge in [0.05, 0.1) is 28.5 Å². The van der Waals surface area contributed by atoms with Crippen LogP contribution in [0.4, 0.5) is 5.69 Å². The lowest BCUT2D eigenvalue weighted by Crippen LogP contribution is -2.16. The second-order valence-electron chi connectivity index (χ2n) is 4.90. The molecule has 7 nitrogen and oxygen atoms in total. The van der Waals surface area contributed by atoms with E-state index >= 15 is 0 Å². The second-order valence-corrected chi connectivity index (χ2v) is 6.52. The van der Waals surface area contributed by atoms with E-state index < -0.39 is 10.0 Å². The van der Waals surface area contributed by atoms with Gasteiger partial charge in [-0.25, -0.2) is 8.42 Å². The van der Waals surface area contributed by atoms with Crippen LogP contribution in [-0.2, 0) is 24.1 Å². The molecule has 0 saturated carbocycles. The third kappa shape index (κ3) is 2.20. The molecule has 0 aliphatic rings. The van der Waals surface area contributed by atoms with Crippen LogP contribution >= 0.6 is 0 Å². The Labute approximate surface area is 118 Å². The van der Waals surface area contributed by atoms with Gasteiger partial charge in [-0.15, -0.1) is 0 Å². The van der Waals surface area contributed by atoms with Crippen molar-refractivity contribution in [1.82, 2.24) is 19.6 Å². The van der Waals surface area contributed by atoms with Gasteiger partial charge >= 0.3 is 0 Å². The summed E-state index contributed by atoms with van der Waals surface area (Å²) in [6.07, 6.45) is 0. The number of hydrogen-bond donors (Lipinski definition) is 1. The zero-order chi connectivity index (χ0) is 15.2. The Morgan fingerprint density at radius 2 is 1.40 bits per heavy atom. The largest absolute Gasteiger partial charge is 0.276 e. The molecule has 1 N–H and O–H groups in total. The van der Waals surface area contributed by atoms with Gasteiger partial charge in [-0.3, -0.25) is 14.1 Å². The molecule has 110 valence electrons. The summed E-state index contributed by atoms with van der Waals surface area (Å²) in [6, 6.07) is 0. The van der Waals surface area contributed by atoms with Gasteiger partial charge in [0.2, 0.25) is 0 Å². The number of rotatable bonds is 3. The molecule has 0 saturated heterocycles. The summed E-state index contributed by atoms with van der Waals surface area (Å²) in [4.78, 5) is 0.225. The van der Waals surface area contributed by atoms with Gasteiger partial charge in [0.1, 0.15) is 4.90 Å². The van der Waals surface area contributed by atoms with Gasteiger partial charge in [0.25, 0.3) is 10.0 Å². The number of anilines is 1. The van der Waals surface area contributed by atoms with Gasteiger partial charge in [0.15, 0.2) is 0 Å². The molecule has 2 heterocycles. The lowest BCUT2D eigenvalue weighted by molar-refractivity contribution is 0.599. The number of sulfonamides is 1. The van der Waals surface area contributed by atoms with Crippen LogP contribution in [0.25, 0.3) is 0 Å². The summed E-state index contributed by atoms with van der Waals surface area (Å²) in [6.45, 7) is 7.01. The molecule has 0 amide bonds. The average Bonchev–Trinajstić information content (AvgIpc) is 2.70. The van der Waals surface area contributed by atoms with E-state index in [0.29, 0.717) is 22.8 Å². The monoisotopic (exact) mass is 297 g/mol. The molecule has 2 rings (SSSR count). The van der Waals surface area contributed by atoms with Crippen LogP contribution in [0.1, 0.15) is 22.8 Å². The van der Waals surface area contributed by atoms with Crippen molar-refractivity contribution >= 4 is 15.7 Å². The van der Waals surface area contributed by atoms with Crippen molar-refractivity contribution in [3.8, 4) is 0 Å². The zero-order valence-corrected chi connectivity index (χ0v) is 13.3. The Morgan fingerprint density at radius 3 is 1.80 bits per heavy atom. The van der Waals surface area contributed by atoms with Crippen molar-refractivity contribution < 1.29 is 8.42 Å². The minimum atomic E-state index is -3.67. The van der Waals surface area contributed by atoms with E-state index in [1.807, 2.05) is 6.92 Å². The van der Waals surface area contributed by atoms with Crippen LogP contribution in [0.15, 0.2) is 4.90 Å². The van der Waals surface area contributed by atoms with Crippen molar-refractivity contribution in [2.75, 3.05) is 4.72 Å². The molecular formula is C12H19N5O2S. The summed E-state index contributed by atoms with van der Waals surface area (Å²) in [5.41, 5.74) is 3.03. The minimum Gasteiger partial charge on any atom is -0.276 e. The minimum absolute atomic E-state index is 0.225. The molecule has 2 aromatic rings. The Kier molecular flexibility index (Phi) is 3.37. The number of aryl methyl sites for hydroxylation is 4. The molecule has 0 aliphatic carbocycles. The highest BCUT2D eigenvalue weighted by Crippen LogP contribution is 2.25. The SMILES string of the molecule is Cc1nn(C)c(C)c1NS(=O)(=O)c1c(C)nn(C)c1C. The summed E-state index contributed by atoms with van der Waals surface area (Å²) in [5, 5.41) is 8.35. The number of aromatic nitrogens is 4. The standard InChI is InChI=1S/C12H19N5O2S/c1-7-11(9(3)16(5)13-7)15-20(18,19)12-8(2)14-17(6)10(12)4/h15H,1-6H3. The quantitative estimate of drug-likeness (QED) is 0.922. The molecule has 0 fully saturated rings. The van der Waals surface area contributed by atoms with Crippen molar-refractivity contribution in [1.29, 1.82) is 0 Å². The highest BCUT2D eigenvalue weighted by molar-refractivity contribution is 7.92. The number of nitrogens with one attached hydrogen (secondary N) is 1. The van der Waals surface area contributed by atoms with E-state index in [1.165, 1.54) is 0 Å². The van der Waals surface area contributed by atoms with Gasteiger partial charge < -0.3 is 0 Å². The summed E-state index contributed by atoms with van der Waals surface area (Å²) < 4.78 is 31.0. The molecule has 0 atom stereocenters. The summed E-state index contributed by atoms with van der Waals surface area (Å²) in [7, 11) is -0.170. The molecule has 0 unspecified atom stereocenters. The Hall–Kier alpha value is -1.83. The highest BCUT2D eigenvalue weighted by Gasteiger charge is 2.25. The summed E-state index contributed by atoms with van der Waals surface area (Å²) >= 11 is 0. The predicted octanol–water partition coefficient (Wildman–Crippen LogP) is 1.19. The van der Waals surface area contributed by atoms with Crippen molar-refractivity contribution in [2.24, 2.45) is 14.1 Å². The van der Waals surface area contributed by atoms with E-state index in [2.05, 4.69) is 14.9 Å². The van der Waals surface area contributed by atoms with Gasteiger partial charge in [-0.05, 0) is 27.7 Å². The molecule has 20 heavy (non-hydrogen) atoms. The highest BCUT2D eigenvalue weighted by atomic mass is 32.2. The molecule has 2 aromatic heterocycles. The first kappa shape index (κ1) is 14.6. The summed E-state index contributed by atoms with van der Waals surface area (Å²) in [5.74, 6) is 0. The molecule has 0 aromatic carbocycles. The van der Waals surface area contributed by atoms with Gasteiger partial charge in [-0.1, -0.05) is 0 Å².